The van der Waals surface area contributed by atoms with E-state index in [1.165, 1.54) is 11.1 Å². The van der Waals surface area contributed by atoms with Crippen molar-refractivity contribution in [3.8, 4) is 0 Å². The maximum Gasteiger partial charge on any atom is 0.0719 e. The molecular formula is C17H28N2O2. The minimum Gasteiger partial charge on any atom is -0.379 e. The minimum absolute atomic E-state index is 0.462. The van der Waals surface area contributed by atoms with Crippen molar-refractivity contribution in [1.29, 1.82) is 0 Å². The van der Waals surface area contributed by atoms with Gasteiger partial charge in [0.25, 0.3) is 0 Å². The normalized spacial score (nSPS) is 20.4. The van der Waals surface area contributed by atoms with E-state index in [1.807, 2.05) is 6.92 Å². The Bertz CT molecular complexity index is 406. The van der Waals surface area contributed by atoms with Gasteiger partial charge in [-0.1, -0.05) is 24.3 Å². The quantitative estimate of drug-likeness (QED) is 0.770. The average molecular weight is 292 g/mol. The van der Waals surface area contributed by atoms with Gasteiger partial charge in [-0.2, -0.15) is 0 Å². The molecule has 0 amide bonds. The zero-order valence-corrected chi connectivity index (χ0v) is 13.2. The summed E-state index contributed by atoms with van der Waals surface area (Å²) in [5.74, 6) is 0. The van der Waals surface area contributed by atoms with Crippen molar-refractivity contribution in [2.24, 2.45) is 0 Å². The molecule has 21 heavy (non-hydrogen) atoms. The molecule has 0 saturated carbocycles. The lowest BCUT2D eigenvalue weighted by Gasteiger charge is -2.27. The Labute approximate surface area is 128 Å². The van der Waals surface area contributed by atoms with Crippen molar-refractivity contribution in [3.05, 3.63) is 35.4 Å². The lowest BCUT2D eigenvalue weighted by atomic mass is 10.1. The number of rotatable bonds is 8. The Hall–Kier alpha value is -0.940. The molecule has 1 aliphatic heterocycles. The lowest BCUT2D eigenvalue weighted by Crippen LogP contribution is -2.44. The van der Waals surface area contributed by atoms with Gasteiger partial charge in [-0.25, -0.2) is 0 Å². The van der Waals surface area contributed by atoms with E-state index in [2.05, 4.69) is 41.8 Å². The predicted molar refractivity (Wildman–Crippen MR) is 85.3 cm³/mol. The van der Waals surface area contributed by atoms with Gasteiger partial charge in [0.15, 0.2) is 0 Å². The summed E-state index contributed by atoms with van der Waals surface area (Å²) in [6.07, 6.45) is 1.09. The first-order chi connectivity index (χ1) is 10.3. The van der Waals surface area contributed by atoms with Crippen LogP contribution >= 0.6 is 0 Å². The molecule has 1 aromatic rings. The molecule has 0 bridgehead atoms. The fourth-order valence-electron chi connectivity index (χ4n) is 2.65. The van der Waals surface area contributed by atoms with Crippen LogP contribution in [0.25, 0.3) is 0 Å². The molecule has 2 unspecified atom stereocenters. The van der Waals surface area contributed by atoms with E-state index >= 15 is 0 Å². The van der Waals surface area contributed by atoms with Crippen LogP contribution in [-0.4, -0.2) is 38.4 Å². The van der Waals surface area contributed by atoms with Gasteiger partial charge in [-0.15, -0.1) is 0 Å². The van der Waals surface area contributed by atoms with E-state index < -0.39 is 0 Å². The topological polar surface area (TPSA) is 42.5 Å². The molecule has 0 aliphatic carbocycles. The van der Waals surface area contributed by atoms with Crippen molar-refractivity contribution in [2.45, 2.75) is 45.5 Å². The van der Waals surface area contributed by atoms with E-state index in [9.17, 15) is 0 Å². The second-order valence-electron chi connectivity index (χ2n) is 5.65. The Morgan fingerprint density at radius 1 is 1.38 bits per heavy atom. The zero-order chi connectivity index (χ0) is 14.9. The monoisotopic (exact) mass is 292 g/mol. The highest BCUT2D eigenvalue weighted by Gasteiger charge is 2.16. The average Bonchev–Trinajstić information content (AvgIpc) is 2.52. The zero-order valence-electron chi connectivity index (χ0n) is 13.2. The molecule has 0 radical (unpaired) electrons. The summed E-state index contributed by atoms with van der Waals surface area (Å²) in [5.41, 5.74) is 2.60. The molecule has 2 N–H and O–H groups in total. The van der Waals surface area contributed by atoms with E-state index in [4.69, 9.17) is 9.47 Å². The predicted octanol–water partition coefficient (Wildman–Crippen LogP) is 2.08. The maximum atomic E-state index is 5.53. The molecule has 4 heteroatoms. The molecular weight excluding hydrogens is 264 g/mol. The van der Waals surface area contributed by atoms with Gasteiger partial charge < -0.3 is 20.1 Å². The SMILES string of the molecule is CCOCc1ccccc1CNC(C)CC1COCCN1. The van der Waals surface area contributed by atoms with Gasteiger partial charge in [-0.3, -0.25) is 0 Å². The summed E-state index contributed by atoms with van der Waals surface area (Å²) in [6, 6.07) is 9.42. The van der Waals surface area contributed by atoms with E-state index in [0.29, 0.717) is 18.7 Å². The van der Waals surface area contributed by atoms with Crippen molar-refractivity contribution < 1.29 is 9.47 Å². The van der Waals surface area contributed by atoms with Crippen LogP contribution < -0.4 is 10.6 Å². The highest BCUT2D eigenvalue weighted by atomic mass is 16.5. The number of morpholine rings is 1. The van der Waals surface area contributed by atoms with E-state index in [1.54, 1.807) is 0 Å². The largest absolute Gasteiger partial charge is 0.379 e. The number of benzene rings is 1. The highest BCUT2D eigenvalue weighted by molar-refractivity contribution is 5.26. The standard InChI is InChI=1S/C17H28N2O2/c1-3-20-12-16-7-5-4-6-15(16)11-19-14(2)10-17-13-21-9-8-18-17/h4-7,14,17-19H,3,8-13H2,1-2H3. The fraction of sp³-hybridized carbons (Fsp3) is 0.647. The third-order valence-electron chi connectivity index (χ3n) is 3.86. The van der Waals surface area contributed by atoms with Crippen LogP contribution in [0.15, 0.2) is 24.3 Å². The smallest absolute Gasteiger partial charge is 0.0719 e. The second-order valence-corrected chi connectivity index (χ2v) is 5.65. The fourth-order valence-corrected chi connectivity index (χ4v) is 2.65. The first-order valence-electron chi connectivity index (χ1n) is 7.98. The number of ether oxygens (including phenoxy) is 2. The molecule has 0 aromatic heterocycles. The molecule has 1 aromatic carbocycles. The Balaban J connectivity index is 1.78. The molecule has 1 heterocycles. The van der Waals surface area contributed by atoms with Crippen LogP contribution in [0.5, 0.6) is 0 Å². The molecule has 2 rings (SSSR count). The Kier molecular flexibility index (Phi) is 7.16. The van der Waals surface area contributed by atoms with Crippen LogP contribution in [0.3, 0.4) is 0 Å². The first kappa shape index (κ1) is 16.4. The van der Waals surface area contributed by atoms with Gasteiger partial charge in [-0.05, 0) is 31.4 Å². The van der Waals surface area contributed by atoms with Gasteiger partial charge in [0.2, 0.25) is 0 Å². The van der Waals surface area contributed by atoms with Crippen LogP contribution in [0.2, 0.25) is 0 Å². The first-order valence-corrected chi connectivity index (χ1v) is 7.98. The molecule has 1 aliphatic rings. The van der Waals surface area contributed by atoms with Crippen LogP contribution in [0, 0.1) is 0 Å². The molecule has 0 spiro atoms. The third kappa shape index (κ3) is 5.75. The third-order valence-corrected chi connectivity index (χ3v) is 3.86. The summed E-state index contributed by atoms with van der Waals surface area (Å²) >= 11 is 0. The summed E-state index contributed by atoms with van der Waals surface area (Å²) in [4.78, 5) is 0. The minimum atomic E-state index is 0.462. The molecule has 1 fully saturated rings. The molecule has 1 saturated heterocycles. The highest BCUT2D eigenvalue weighted by Crippen LogP contribution is 2.11. The summed E-state index contributed by atoms with van der Waals surface area (Å²) in [6.45, 7) is 9.23. The molecule has 4 nitrogen and oxygen atoms in total. The van der Waals surface area contributed by atoms with E-state index in [0.717, 1.165) is 39.3 Å². The summed E-state index contributed by atoms with van der Waals surface area (Å²) in [7, 11) is 0. The van der Waals surface area contributed by atoms with Crippen LogP contribution in [0.1, 0.15) is 31.4 Å². The lowest BCUT2D eigenvalue weighted by molar-refractivity contribution is 0.0712. The second kappa shape index (κ2) is 9.15. The Morgan fingerprint density at radius 2 is 2.19 bits per heavy atom. The summed E-state index contributed by atoms with van der Waals surface area (Å²) < 4.78 is 11.0. The number of nitrogens with one attached hydrogen (secondary N) is 2. The Morgan fingerprint density at radius 3 is 2.90 bits per heavy atom. The van der Waals surface area contributed by atoms with E-state index in [-0.39, 0.29) is 0 Å². The van der Waals surface area contributed by atoms with Crippen molar-refractivity contribution >= 4 is 0 Å². The van der Waals surface area contributed by atoms with Gasteiger partial charge >= 0.3 is 0 Å². The number of hydrogen-bond acceptors (Lipinski definition) is 4. The van der Waals surface area contributed by atoms with Crippen molar-refractivity contribution in [2.75, 3.05) is 26.4 Å². The maximum absolute atomic E-state index is 5.53. The van der Waals surface area contributed by atoms with Gasteiger partial charge in [0, 0.05) is 31.8 Å². The van der Waals surface area contributed by atoms with Gasteiger partial charge in [0.1, 0.15) is 0 Å². The van der Waals surface area contributed by atoms with Crippen molar-refractivity contribution in [3.63, 3.8) is 0 Å². The van der Waals surface area contributed by atoms with Crippen LogP contribution in [0.4, 0.5) is 0 Å². The van der Waals surface area contributed by atoms with Crippen molar-refractivity contribution in [1.82, 2.24) is 10.6 Å². The van der Waals surface area contributed by atoms with Gasteiger partial charge in [0.05, 0.1) is 19.8 Å². The molecule has 118 valence electrons. The van der Waals surface area contributed by atoms with Crippen LogP contribution in [-0.2, 0) is 22.6 Å². The summed E-state index contributed by atoms with van der Waals surface area (Å²) in [5, 5.41) is 7.11. The molecule has 2 atom stereocenters. The number of hydrogen-bond donors (Lipinski definition) is 2.